The second kappa shape index (κ2) is 6.87. The van der Waals surface area contributed by atoms with E-state index in [2.05, 4.69) is 4.90 Å². The Morgan fingerprint density at radius 1 is 1.32 bits per heavy atom. The Hall–Kier alpha value is -1.13. The van der Waals surface area contributed by atoms with Gasteiger partial charge in [-0.1, -0.05) is 12.5 Å². The first-order valence-corrected chi connectivity index (χ1v) is 7.07. The van der Waals surface area contributed by atoms with Gasteiger partial charge in [0.05, 0.1) is 0 Å². The Morgan fingerprint density at radius 3 is 2.74 bits per heavy atom. The summed E-state index contributed by atoms with van der Waals surface area (Å²) in [7, 11) is 0. The molecule has 1 aromatic carbocycles. The molecule has 19 heavy (non-hydrogen) atoms. The van der Waals surface area contributed by atoms with Crippen LogP contribution in [0.25, 0.3) is 0 Å². The van der Waals surface area contributed by atoms with Gasteiger partial charge < -0.3 is 10.5 Å². The van der Waals surface area contributed by atoms with Crippen LogP contribution in [0.4, 0.5) is 4.39 Å². The number of halogens is 1. The van der Waals surface area contributed by atoms with Crippen molar-refractivity contribution in [2.75, 3.05) is 26.2 Å². The third-order valence-corrected chi connectivity index (χ3v) is 3.58. The Kier molecular flexibility index (Phi) is 5.16. The Bertz CT molecular complexity index is 403. The van der Waals surface area contributed by atoms with E-state index in [1.165, 1.54) is 25.3 Å². The summed E-state index contributed by atoms with van der Waals surface area (Å²) in [6, 6.07) is 4.53. The van der Waals surface area contributed by atoms with Crippen molar-refractivity contribution in [2.45, 2.75) is 32.2 Å². The Labute approximate surface area is 114 Å². The van der Waals surface area contributed by atoms with Crippen LogP contribution >= 0.6 is 0 Å². The average molecular weight is 266 g/mol. The predicted octanol–water partition coefficient (Wildman–Crippen LogP) is 2.71. The number of nitrogens with zero attached hydrogens (tertiary/aromatic N) is 1. The van der Waals surface area contributed by atoms with E-state index in [0.29, 0.717) is 17.9 Å². The molecule has 3 nitrogen and oxygen atoms in total. The fraction of sp³-hybridized carbons (Fsp3) is 0.600. The SMILES string of the molecule is CC(N)c1c(F)cccc1OCCN1CCCCC1. The van der Waals surface area contributed by atoms with Crippen molar-refractivity contribution in [3.63, 3.8) is 0 Å². The zero-order valence-electron chi connectivity index (χ0n) is 11.6. The maximum absolute atomic E-state index is 13.7. The third kappa shape index (κ3) is 3.91. The van der Waals surface area contributed by atoms with Crippen LogP contribution in [0.2, 0.25) is 0 Å². The van der Waals surface area contributed by atoms with Crippen molar-refractivity contribution in [3.8, 4) is 5.75 Å². The Balaban J connectivity index is 1.90. The number of hydrogen-bond acceptors (Lipinski definition) is 3. The second-order valence-corrected chi connectivity index (χ2v) is 5.19. The highest BCUT2D eigenvalue weighted by atomic mass is 19.1. The molecule has 4 heteroatoms. The van der Waals surface area contributed by atoms with Crippen molar-refractivity contribution < 1.29 is 9.13 Å². The molecule has 2 rings (SSSR count). The zero-order chi connectivity index (χ0) is 13.7. The van der Waals surface area contributed by atoms with Crippen LogP contribution in [0.5, 0.6) is 5.75 Å². The predicted molar refractivity (Wildman–Crippen MR) is 74.8 cm³/mol. The number of piperidine rings is 1. The van der Waals surface area contributed by atoms with Gasteiger partial charge in [-0.25, -0.2) is 4.39 Å². The first-order chi connectivity index (χ1) is 9.18. The smallest absolute Gasteiger partial charge is 0.131 e. The molecule has 0 radical (unpaired) electrons. The maximum atomic E-state index is 13.7. The highest BCUT2D eigenvalue weighted by Gasteiger charge is 2.14. The summed E-state index contributed by atoms with van der Waals surface area (Å²) in [6.45, 7) is 5.55. The lowest BCUT2D eigenvalue weighted by Gasteiger charge is -2.26. The monoisotopic (exact) mass is 266 g/mol. The van der Waals surface area contributed by atoms with Gasteiger partial charge in [0.15, 0.2) is 0 Å². The molecule has 1 atom stereocenters. The molecule has 1 aromatic rings. The first-order valence-electron chi connectivity index (χ1n) is 7.07. The van der Waals surface area contributed by atoms with Crippen LogP contribution < -0.4 is 10.5 Å². The summed E-state index contributed by atoms with van der Waals surface area (Å²) in [5.41, 5.74) is 6.27. The Morgan fingerprint density at radius 2 is 2.05 bits per heavy atom. The van der Waals surface area contributed by atoms with Crippen LogP contribution in [-0.4, -0.2) is 31.1 Å². The quantitative estimate of drug-likeness (QED) is 0.890. The van der Waals surface area contributed by atoms with Crippen LogP contribution in [0.1, 0.15) is 37.8 Å². The van der Waals surface area contributed by atoms with E-state index >= 15 is 0 Å². The van der Waals surface area contributed by atoms with E-state index in [1.807, 2.05) is 0 Å². The molecule has 1 aliphatic rings. The lowest BCUT2D eigenvalue weighted by atomic mass is 10.1. The number of benzene rings is 1. The van der Waals surface area contributed by atoms with Gasteiger partial charge in [0.25, 0.3) is 0 Å². The minimum absolute atomic E-state index is 0.287. The topological polar surface area (TPSA) is 38.5 Å². The summed E-state index contributed by atoms with van der Waals surface area (Å²) >= 11 is 0. The summed E-state index contributed by atoms with van der Waals surface area (Å²) in [6.07, 6.45) is 3.87. The number of ether oxygens (including phenoxy) is 1. The lowest BCUT2D eigenvalue weighted by Crippen LogP contribution is -2.33. The fourth-order valence-corrected chi connectivity index (χ4v) is 2.55. The van der Waals surface area contributed by atoms with E-state index in [0.717, 1.165) is 19.6 Å². The largest absolute Gasteiger partial charge is 0.492 e. The molecule has 2 N–H and O–H groups in total. The van der Waals surface area contributed by atoms with Crippen molar-refractivity contribution in [2.24, 2.45) is 5.73 Å². The molecule has 0 aromatic heterocycles. The molecule has 1 saturated heterocycles. The standard InChI is InChI=1S/C15H23FN2O/c1-12(17)15-13(16)6-5-7-14(15)19-11-10-18-8-3-2-4-9-18/h5-7,12H,2-4,8-11,17H2,1H3. The number of rotatable bonds is 5. The molecular weight excluding hydrogens is 243 g/mol. The van der Waals surface area contributed by atoms with Crippen molar-refractivity contribution >= 4 is 0 Å². The lowest BCUT2D eigenvalue weighted by molar-refractivity contribution is 0.182. The van der Waals surface area contributed by atoms with Crippen LogP contribution in [0, 0.1) is 5.82 Å². The highest BCUT2D eigenvalue weighted by Crippen LogP contribution is 2.26. The maximum Gasteiger partial charge on any atom is 0.131 e. The van der Waals surface area contributed by atoms with Gasteiger partial charge >= 0.3 is 0 Å². The molecule has 0 aliphatic carbocycles. The third-order valence-electron chi connectivity index (χ3n) is 3.58. The normalized spacial score (nSPS) is 18.3. The second-order valence-electron chi connectivity index (χ2n) is 5.19. The molecule has 1 heterocycles. The number of hydrogen-bond donors (Lipinski definition) is 1. The number of nitrogens with two attached hydrogens (primary N) is 1. The molecular formula is C15H23FN2O. The van der Waals surface area contributed by atoms with Gasteiger partial charge in [0, 0.05) is 18.2 Å². The molecule has 0 spiro atoms. The van der Waals surface area contributed by atoms with E-state index in [9.17, 15) is 4.39 Å². The minimum atomic E-state index is -0.355. The summed E-state index contributed by atoms with van der Waals surface area (Å²) in [5.74, 6) is 0.289. The van der Waals surface area contributed by atoms with Crippen LogP contribution in [0.15, 0.2) is 18.2 Å². The van der Waals surface area contributed by atoms with E-state index in [-0.39, 0.29) is 11.9 Å². The van der Waals surface area contributed by atoms with Gasteiger partial charge in [-0.05, 0) is 45.0 Å². The van der Waals surface area contributed by atoms with Crippen molar-refractivity contribution in [1.29, 1.82) is 0 Å². The van der Waals surface area contributed by atoms with Gasteiger partial charge in [0.1, 0.15) is 18.2 Å². The molecule has 0 saturated carbocycles. The zero-order valence-corrected chi connectivity index (χ0v) is 11.6. The van der Waals surface area contributed by atoms with Gasteiger partial charge in [-0.3, -0.25) is 4.90 Å². The van der Waals surface area contributed by atoms with Gasteiger partial charge in [-0.15, -0.1) is 0 Å². The average Bonchev–Trinajstić information content (AvgIpc) is 2.39. The first kappa shape index (κ1) is 14.3. The minimum Gasteiger partial charge on any atom is -0.492 e. The van der Waals surface area contributed by atoms with Crippen molar-refractivity contribution in [3.05, 3.63) is 29.6 Å². The molecule has 1 aliphatic heterocycles. The molecule has 0 amide bonds. The van der Waals surface area contributed by atoms with E-state index < -0.39 is 0 Å². The summed E-state index contributed by atoms with van der Waals surface area (Å²) < 4.78 is 19.4. The fourth-order valence-electron chi connectivity index (χ4n) is 2.55. The number of likely N-dealkylation sites (tertiary alicyclic amines) is 1. The molecule has 1 unspecified atom stereocenters. The molecule has 0 bridgehead atoms. The van der Waals surface area contributed by atoms with E-state index in [4.69, 9.17) is 10.5 Å². The van der Waals surface area contributed by atoms with Crippen LogP contribution in [0.3, 0.4) is 0 Å². The van der Waals surface area contributed by atoms with Gasteiger partial charge in [0.2, 0.25) is 0 Å². The van der Waals surface area contributed by atoms with Crippen molar-refractivity contribution in [1.82, 2.24) is 4.90 Å². The molecule has 1 fully saturated rings. The molecule has 106 valence electrons. The van der Waals surface area contributed by atoms with Gasteiger partial charge in [-0.2, -0.15) is 0 Å². The summed E-state index contributed by atoms with van der Waals surface area (Å²) in [4.78, 5) is 2.40. The van der Waals surface area contributed by atoms with Crippen LogP contribution in [-0.2, 0) is 0 Å². The highest BCUT2D eigenvalue weighted by molar-refractivity contribution is 5.36. The summed E-state index contributed by atoms with van der Waals surface area (Å²) in [5, 5.41) is 0. The van der Waals surface area contributed by atoms with E-state index in [1.54, 1.807) is 19.1 Å².